The van der Waals surface area contributed by atoms with Crippen LogP contribution in [0.25, 0.3) is 5.57 Å². The highest BCUT2D eigenvalue weighted by Crippen LogP contribution is 2.69. The van der Waals surface area contributed by atoms with Crippen molar-refractivity contribution < 1.29 is 0 Å². The summed E-state index contributed by atoms with van der Waals surface area (Å²) in [7, 11) is 0. The van der Waals surface area contributed by atoms with Gasteiger partial charge in [-0.2, -0.15) is 0 Å². The first-order valence-electron chi connectivity index (χ1n) is 17.8. The molecule has 0 aromatic heterocycles. The Hall–Kier alpha value is -3.38. The van der Waals surface area contributed by atoms with Crippen molar-refractivity contribution in [2.24, 2.45) is 5.92 Å². The van der Waals surface area contributed by atoms with Crippen LogP contribution in [0.4, 0.5) is 0 Å². The summed E-state index contributed by atoms with van der Waals surface area (Å²) >= 11 is 0. The first-order valence-corrected chi connectivity index (χ1v) is 17.8. The van der Waals surface area contributed by atoms with Crippen LogP contribution in [0.5, 0.6) is 0 Å². The molecule has 0 aliphatic heterocycles. The van der Waals surface area contributed by atoms with Crippen molar-refractivity contribution in [1.82, 2.24) is 0 Å². The molecule has 0 amide bonds. The largest absolute Gasteiger partial charge is 0.0648 e. The summed E-state index contributed by atoms with van der Waals surface area (Å²) in [6, 6.07) is 18.9. The highest BCUT2D eigenvalue weighted by atomic mass is 14.7. The Kier molecular flexibility index (Phi) is 8.66. The fourth-order valence-corrected chi connectivity index (χ4v) is 10.3. The van der Waals surface area contributed by atoms with Gasteiger partial charge in [0, 0.05) is 16.2 Å². The second-order valence-corrected chi connectivity index (χ2v) is 16.0. The van der Waals surface area contributed by atoms with Gasteiger partial charge in [0.25, 0.3) is 0 Å². The van der Waals surface area contributed by atoms with E-state index in [0.29, 0.717) is 0 Å². The molecule has 0 radical (unpaired) electrons. The smallest absolute Gasteiger partial charge is 0.0288 e. The molecule has 0 saturated carbocycles. The van der Waals surface area contributed by atoms with E-state index in [1.807, 2.05) is 0 Å². The molecule has 0 spiro atoms. The molecule has 1 aliphatic carbocycles. The summed E-state index contributed by atoms with van der Waals surface area (Å²) in [6.45, 7) is 41.0. The second kappa shape index (κ2) is 11.6. The van der Waals surface area contributed by atoms with E-state index in [-0.39, 0.29) is 22.2 Å². The fourth-order valence-electron chi connectivity index (χ4n) is 10.3. The van der Waals surface area contributed by atoms with E-state index >= 15 is 0 Å². The Balaban J connectivity index is 2.19. The average Bonchev–Trinajstić information content (AvgIpc) is 3.03. The Morgan fingerprint density at radius 3 is 1.51 bits per heavy atom. The van der Waals surface area contributed by atoms with Gasteiger partial charge in [0.05, 0.1) is 0 Å². The van der Waals surface area contributed by atoms with Crippen molar-refractivity contribution in [3.63, 3.8) is 0 Å². The summed E-state index contributed by atoms with van der Waals surface area (Å²) in [5.41, 5.74) is 24.8. The zero-order valence-corrected chi connectivity index (χ0v) is 32.7. The van der Waals surface area contributed by atoms with Crippen LogP contribution in [-0.4, -0.2) is 0 Å². The minimum absolute atomic E-state index is 0.228. The number of hydrogen-bond donors (Lipinski definition) is 0. The van der Waals surface area contributed by atoms with Gasteiger partial charge in [-0.3, -0.25) is 0 Å². The lowest BCUT2D eigenvalue weighted by atomic mass is 9.37. The maximum Gasteiger partial charge on any atom is 0.0288 e. The van der Waals surface area contributed by atoms with Gasteiger partial charge in [0.1, 0.15) is 0 Å². The molecule has 0 nitrogen and oxygen atoms in total. The van der Waals surface area contributed by atoms with Gasteiger partial charge >= 0.3 is 0 Å². The Morgan fingerprint density at radius 2 is 0.957 bits per heavy atom. The van der Waals surface area contributed by atoms with E-state index < -0.39 is 0 Å². The Morgan fingerprint density at radius 1 is 0.489 bits per heavy atom. The van der Waals surface area contributed by atoms with Crippen LogP contribution in [0.15, 0.2) is 54.1 Å². The van der Waals surface area contributed by atoms with E-state index in [1.165, 1.54) is 100 Å². The minimum atomic E-state index is -0.380. The monoisotopic (exact) mass is 624 g/mol. The van der Waals surface area contributed by atoms with Crippen molar-refractivity contribution in [3.05, 3.63) is 143 Å². The lowest BCUT2D eigenvalue weighted by Gasteiger charge is -2.65. The average molecular weight is 625 g/mol. The zero-order chi connectivity index (χ0) is 35.1. The topological polar surface area (TPSA) is 0 Å². The maximum atomic E-state index is 2.65. The molecule has 4 aromatic rings. The summed E-state index contributed by atoms with van der Waals surface area (Å²) < 4.78 is 0. The van der Waals surface area contributed by atoms with E-state index in [0.717, 1.165) is 0 Å². The molecule has 47 heavy (non-hydrogen) atoms. The summed E-state index contributed by atoms with van der Waals surface area (Å²) in [5, 5.41) is 0. The number of benzene rings is 4. The predicted octanol–water partition coefficient (Wildman–Crippen LogP) is 12.7. The van der Waals surface area contributed by atoms with E-state index in [9.17, 15) is 0 Å². The number of aryl methyl sites for hydroxylation is 5. The van der Waals surface area contributed by atoms with Gasteiger partial charge in [0.15, 0.2) is 0 Å². The SMILES string of the molecule is CC1=C(c2c(C)c(C)cc(C)c2C)C(C)(c2c(C)cc(C)c(C)c2C)C(C)(c2cc(C)c(C)c(C)c2C)C(C)(c2ccccc2)C1C. The second-order valence-electron chi connectivity index (χ2n) is 16.0. The number of allylic oxidation sites excluding steroid dienone is 2. The standard InChI is InChI=1S/C47H60/c1-26-24-30(5)43(37(12)32(26)7)46(16)44(42-33(8)27(2)23-28(3)34(42)9)38(13)39(14)45(15,40-21-19-18-20-22-40)47(46,17)41-25-29(4)31(6)35(10)36(41)11/h18-25,39H,1-17H3. The van der Waals surface area contributed by atoms with Gasteiger partial charge in [0.2, 0.25) is 0 Å². The molecule has 248 valence electrons. The molecule has 0 fully saturated rings. The quantitative estimate of drug-likeness (QED) is 0.212. The molecule has 4 unspecified atom stereocenters. The summed E-state index contributed by atoms with van der Waals surface area (Å²) in [5.74, 6) is 0.283. The number of rotatable bonds is 4. The lowest BCUT2D eigenvalue weighted by Crippen LogP contribution is -2.64. The van der Waals surface area contributed by atoms with Crippen LogP contribution >= 0.6 is 0 Å². The molecule has 0 heterocycles. The van der Waals surface area contributed by atoms with Crippen LogP contribution in [0.1, 0.15) is 124 Å². The van der Waals surface area contributed by atoms with Gasteiger partial charge < -0.3 is 0 Å². The third kappa shape index (κ3) is 4.53. The van der Waals surface area contributed by atoms with Crippen LogP contribution in [0.2, 0.25) is 0 Å². The highest BCUT2D eigenvalue weighted by Gasteiger charge is 2.66. The summed E-state index contributed by atoms with van der Waals surface area (Å²) in [6.07, 6.45) is 0. The van der Waals surface area contributed by atoms with Crippen LogP contribution < -0.4 is 0 Å². The lowest BCUT2D eigenvalue weighted by molar-refractivity contribution is 0.115. The van der Waals surface area contributed by atoms with E-state index in [4.69, 9.17) is 0 Å². The van der Waals surface area contributed by atoms with E-state index in [2.05, 4.69) is 166 Å². The molecule has 0 heteroatoms. The molecular weight excluding hydrogens is 565 g/mol. The highest BCUT2D eigenvalue weighted by molar-refractivity contribution is 5.87. The summed E-state index contributed by atoms with van der Waals surface area (Å²) in [4.78, 5) is 0. The molecule has 1 aliphatic rings. The number of hydrogen-bond acceptors (Lipinski definition) is 0. The third-order valence-corrected chi connectivity index (χ3v) is 14.3. The first kappa shape index (κ1) is 34.9. The molecular formula is C47H60. The Bertz CT molecular complexity index is 1920. The van der Waals surface area contributed by atoms with Gasteiger partial charge in [-0.15, -0.1) is 0 Å². The van der Waals surface area contributed by atoms with Crippen LogP contribution in [0, 0.1) is 89.0 Å². The minimum Gasteiger partial charge on any atom is -0.0648 e. The first-order chi connectivity index (χ1) is 21.8. The zero-order valence-electron chi connectivity index (χ0n) is 32.7. The van der Waals surface area contributed by atoms with Crippen molar-refractivity contribution in [3.8, 4) is 0 Å². The van der Waals surface area contributed by atoms with Crippen molar-refractivity contribution in [1.29, 1.82) is 0 Å². The van der Waals surface area contributed by atoms with E-state index in [1.54, 1.807) is 0 Å². The van der Waals surface area contributed by atoms with Crippen molar-refractivity contribution >= 4 is 5.57 Å². The molecule has 4 atom stereocenters. The van der Waals surface area contributed by atoms with Crippen LogP contribution in [0.3, 0.4) is 0 Å². The van der Waals surface area contributed by atoms with Crippen molar-refractivity contribution in [2.45, 2.75) is 134 Å². The molecule has 4 aromatic carbocycles. The fraction of sp³-hybridized carbons (Fsp3) is 0.447. The molecule has 0 bridgehead atoms. The predicted molar refractivity (Wildman–Crippen MR) is 206 cm³/mol. The van der Waals surface area contributed by atoms with Crippen LogP contribution in [-0.2, 0) is 16.2 Å². The van der Waals surface area contributed by atoms with Gasteiger partial charge in [-0.1, -0.05) is 81.8 Å². The Labute approximate surface area is 287 Å². The molecule has 0 N–H and O–H groups in total. The maximum absolute atomic E-state index is 2.65. The third-order valence-electron chi connectivity index (χ3n) is 14.3. The van der Waals surface area contributed by atoms with Crippen molar-refractivity contribution in [2.75, 3.05) is 0 Å². The van der Waals surface area contributed by atoms with Gasteiger partial charge in [-0.25, -0.2) is 0 Å². The van der Waals surface area contributed by atoms with Gasteiger partial charge in [-0.05, 0) is 191 Å². The normalized spacial score (nSPS) is 24.7. The molecule has 5 rings (SSSR count). The molecule has 0 saturated heterocycles.